The predicted molar refractivity (Wildman–Crippen MR) is 93.2 cm³/mol. The van der Waals surface area contributed by atoms with E-state index in [9.17, 15) is 4.79 Å². The first-order valence-electron chi connectivity index (χ1n) is 8.23. The fourth-order valence-corrected chi connectivity index (χ4v) is 2.52. The first kappa shape index (κ1) is 17.7. The van der Waals surface area contributed by atoms with Gasteiger partial charge in [0.1, 0.15) is 13.2 Å². The largest absolute Gasteiger partial charge is 0.362 e. The standard InChI is InChI=1S/C17H20N6O3/c1-4-23-12(3)16(11(2)21-23)19-14(24)9-25-10-15-20-17(22-26-15)13-5-7-18-8-6-13/h5-8H,4,9-10H2,1-3H3,(H,19,24). The van der Waals surface area contributed by atoms with Crippen molar-refractivity contribution in [3.05, 3.63) is 41.8 Å². The Labute approximate surface area is 150 Å². The van der Waals surface area contributed by atoms with Gasteiger partial charge in [0.05, 0.1) is 17.1 Å². The molecule has 0 fully saturated rings. The molecule has 0 spiro atoms. The van der Waals surface area contributed by atoms with Crippen LogP contribution in [0.1, 0.15) is 24.2 Å². The summed E-state index contributed by atoms with van der Waals surface area (Å²) in [5.74, 6) is 0.491. The molecule has 3 aromatic heterocycles. The van der Waals surface area contributed by atoms with Crippen LogP contribution in [0.5, 0.6) is 0 Å². The summed E-state index contributed by atoms with van der Waals surface area (Å²) in [5.41, 5.74) is 3.21. The zero-order chi connectivity index (χ0) is 18.5. The number of hydrogen-bond acceptors (Lipinski definition) is 7. The number of ether oxygens (including phenoxy) is 1. The summed E-state index contributed by atoms with van der Waals surface area (Å²) >= 11 is 0. The van der Waals surface area contributed by atoms with Crippen LogP contribution in [0, 0.1) is 13.8 Å². The number of nitrogens with one attached hydrogen (secondary N) is 1. The number of aromatic nitrogens is 5. The summed E-state index contributed by atoms with van der Waals surface area (Å²) < 4.78 is 12.3. The Kier molecular flexibility index (Phi) is 5.37. The molecule has 9 nitrogen and oxygen atoms in total. The van der Waals surface area contributed by atoms with E-state index in [0.29, 0.717) is 11.7 Å². The Morgan fingerprint density at radius 1 is 1.31 bits per heavy atom. The lowest BCUT2D eigenvalue weighted by Crippen LogP contribution is -2.19. The summed E-state index contributed by atoms with van der Waals surface area (Å²) in [6.45, 7) is 6.45. The predicted octanol–water partition coefficient (Wildman–Crippen LogP) is 2.12. The van der Waals surface area contributed by atoms with E-state index >= 15 is 0 Å². The highest BCUT2D eigenvalue weighted by molar-refractivity contribution is 5.92. The smallest absolute Gasteiger partial charge is 0.252 e. The molecule has 3 heterocycles. The lowest BCUT2D eigenvalue weighted by Gasteiger charge is -2.06. The van der Waals surface area contributed by atoms with Crippen molar-refractivity contribution in [1.29, 1.82) is 0 Å². The third-order valence-electron chi connectivity index (χ3n) is 3.81. The highest BCUT2D eigenvalue weighted by Gasteiger charge is 2.14. The van der Waals surface area contributed by atoms with E-state index in [1.807, 2.05) is 25.5 Å². The quantitative estimate of drug-likeness (QED) is 0.691. The first-order chi connectivity index (χ1) is 12.6. The van der Waals surface area contributed by atoms with Crippen LogP contribution in [0.25, 0.3) is 11.4 Å². The number of carbonyl (C=O) groups is 1. The van der Waals surface area contributed by atoms with Gasteiger partial charge in [-0.2, -0.15) is 10.1 Å². The highest BCUT2D eigenvalue weighted by atomic mass is 16.5. The van der Waals surface area contributed by atoms with Crippen molar-refractivity contribution in [3.63, 3.8) is 0 Å². The highest BCUT2D eigenvalue weighted by Crippen LogP contribution is 2.19. The Morgan fingerprint density at radius 2 is 2.08 bits per heavy atom. The van der Waals surface area contributed by atoms with Crippen molar-refractivity contribution in [2.24, 2.45) is 0 Å². The van der Waals surface area contributed by atoms with E-state index in [-0.39, 0.29) is 19.1 Å². The molecule has 1 N–H and O–H groups in total. The number of pyridine rings is 1. The molecule has 0 radical (unpaired) electrons. The average Bonchev–Trinajstić information content (AvgIpc) is 3.22. The second-order valence-corrected chi connectivity index (χ2v) is 5.65. The summed E-state index contributed by atoms with van der Waals surface area (Å²) in [7, 11) is 0. The molecule has 0 bridgehead atoms. The molecule has 0 aromatic carbocycles. The van der Waals surface area contributed by atoms with E-state index < -0.39 is 0 Å². The van der Waals surface area contributed by atoms with Gasteiger partial charge in [-0.3, -0.25) is 14.5 Å². The summed E-state index contributed by atoms with van der Waals surface area (Å²) in [6, 6.07) is 3.56. The molecule has 0 saturated carbocycles. The average molecular weight is 356 g/mol. The van der Waals surface area contributed by atoms with Crippen LogP contribution in [0.15, 0.2) is 29.0 Å². The molecule has 3 aromatic rings. The van der Waals surface area contributed by atoms with Crippen LogP contribution in [-0.4, -0.2) is 37.4 Å². The molecule has 26 heavy (non-hydrogen) atoms. The zero-order valence-corrected chi connectivity index (χ0v) is 14.9. The van der Waals surface area contributed by atoms with E-state index in [1.54, 1.807) is 24.5 Å². The van der Waals surface area contributed by atoms with Crippen molar-refractivity contribution >= 4 is 11.6 Å². The van der Waals surface area contributed by atoms with Crippen molar-refractivity contribution in [2.45, 2.75) is 33.9 Å². The summed E-state index contributed by atoms with van der Waals surface area (Å²) in [5, 5.41) is 11.1. The first-order valence-corrected chi connectivity index (χ1v) is 8.23. The maximum atomic E-state index is 12.1. The van der Waals surface area contributed by atoms with Crippen molar-refractivity contribution in [3.8, 4) is 11.4 Å². The maximum absolute atomic E-state index is 12.1. The molecular formula is C17H20N6O3. The molecule has 1 amide bonds. The van der Waals surface area contributed by atoms with Gasteiger partial charge in [0.2, 0.25) is 11.7 Å². The lowest BCUT2D eigenvalue weighted by atomic mass is 10.2. The summed E-state index contributed by atoms with van der Waals surface area (Å²) in [6.07, 6.45) is 3.30. The van der Waals surface area contributed by atoms with E-state index in [4.69, 9.17) is 9.26 Å². The Morgan fingerprint density at radius 3 is 2.77 bits per heavy atom. The number of anilines is 1. The lowest BCUT2D eigenvalue weighted by molar-refractivity contribution is -0.121. The van der Waals surface area contributed by atoms with Crippen molar-refractivity contribution in [1.82, 2.24) is 24.9 Å². The van der Waals surface area contributed by atoms with E-state index in [2.05, 4.69) is 25.5 Å². The fourth-order valence-electron chi connectivity index (χ4n) is 2.52. The van der Waals surface area contributed by atoms with Crippen molar-refractivity contribution < 1.29 is 14.1 Å². The zero-order valence-electron chi connectivity index (χ0n) is 14.9. The number of hydrogen-bond donors (Lipinski definition) is 1. The Balaban J connectivity index is 1.52. The van der Waals surface area contributed by atoms with Crippen LogP contribution in [0.3, 0.4) is 0 Å². The second-order valence-electron chi connectivity index (χ2n) is 5.65. The van der Waals surface area contributed by atoms with Gasteiger partial charge in [-0.15, -0.1) is 0 Å². The normalized spacial score (nSPS) is 10.9. The molecule has 0 unspecified atom stereocenters. The van der Waals surface area contributed by atoms with Gasteiger partial charge in [0.15, 0.2) is 0 Å². The van der Waals surface area contributed by atoms with Crippen LogP contribution >= 0.6 is 0 Å². The number of amides is 1. The summed E-state index contributed by atoms with van der Waals surface area (Å²) in [4.78, 5) is 20.3. The SMILES string of the molecule is CCn1nc(C)c(NC(=O)COCc2nc(-c3ccncc3)no2)c1C. The molecular weight excluding hydrogens is 336 g/mol. The fraction of sp³-hybridized carbons (Fsp3) is 0.353. The number of carbonyl (C=O) groups excluding carboxylic acids is 1. The van der Waals surface area contributed by atoms with Crippen molar-refractivity contribution in [2.75, 3.05) is 11.9 Å². The van der Waals surface area contributed by atoms with Gasteiger partial charge < -0.3 is 14.6 Å². The molecule has 9 heteroatoms. The molecule has 0 aliphatic heterocycles. The number of rotatable bonds is 7. The molecule has 0 saturated heterocycles. The van der Waals surface area contributed by atoms with Crippen LogP contribution < -0.4 is 5.32 Å². The monoisotopic (exact) mass is 356 g/mol. The third kappa shape index (κ3) is 3.94. The number of aryl methyl sites for hydroxylation is 2. The van der Waals surface area contributed by atoms with Gasteiger partial charge in [-0.05, 0) is 32.9 Å². The van der Waals surface area contributed by atoms with Crippen LogP contribution in [0.4, 0.5) is 5.69 Å². The minimum atomic E-state index is -0.263. The van der Waals surface area contributed by atoms with Gasteiger partial charge >= 0.3 is 0 Å². The van der Waals surface area contributed by atoms with Gasteiger partial charge in [-0.25, -0.2) is 0 Å². The molecule has 0 atom stereocenters. The minimum absolute atomic E-state index is 0.0533. The van der Waals surface area contributed by atoms with Gasteiger partial charge in [0.25, 0.3) is 5.89 Å². The van der Waals surface area contributed by atoms with E-state index in [0.717, 1.165) is 29.2 Å². The second kappa shape index (κ2) is 7.87. The van der Waals surface area contributed by atoms with Gasteiger partial charge in [-0.1, -0.05) is 5.16 Å². The minimum Gasteiger partial charge on any atom is -0.362 e. The molecule has 3 rings (SSSR count). The topological polar surface area (TPSA) is 108 Å². The van der Waals surface area contributed by atoms with Gasteiger partial charge in [0, 0.05) is 24.5 Å². The van der Waals surface area contributed by atoms with Crippen LogP contribution in [0.2, 0.25) is 0 Å². The molecule has 136 valence electrons. The molecule has 0 aliphatic rings. The maximum Gasteiger partial charge on any atom is 0.252 e. The van der Waals surface area contributed by atoms with Crippen LogP contribution in [-0.2, 0) is 22.7 Å². The number of nitrogens with zero attached hydrogens (tertiary/aromatic N) is 5. The van der Waals surface area contributed by atoms with E-state index in [1.165, 1.54) is 0 Å². The molecule has 0 aliphatic carbocycles. The Hall–Kier alpha value is -3.07. The Bertz CT molecular complexity index is 887. The third-order valence-corrected chi connectivity index (χ3v) is 3.81.